The highest BCUT2D eigenvalue weighted by Crippen LogP contribution is 2.20. The summed E-state index contributed by atoms with van der Waals surface area (Å²) in [6.07, 6.45) is 1.76. The van der Waals surface area contributed by atoms with Crippen molar-refractivity contribution in [2.24, 2.45) is 0 Å². The van der Waals surface area contributed by atoms with Gasteiger partial charge >= 0.3 is 5.97 Å². The van der Waals surface area contributed by atoms with Gasteiger partial charge in [-0.1, -0.05) is 6.07 Å². The Balaban J connectivity index is 2.13. The van der Waals surface area contributed by atoms with Crippen LogP contribution in [0.3, 0.4) is 0 Å². The molecule has 1 N–H and O–H groups in total. The van der Waals surface area contributed by atoms with Gasteiger partial charge in [-0.3, -0.25) is 4.98 Å². The molecule has 5 heteroatoms. The molecule has 20 heavy (non-hydrogen) atoms. The van der Waals surface area contributed by atoms with E-state index < -0.39 is 0 Å². The number of pyridine rings is 1. The van der Waals surface area contributed by atoms with Gasteiger partial charge in [0.1, 0.15) is 0 Å². The van der Waals surface area contributed by atoms with Crippen molar-refractivity contribution in [2.45, 2.75) is 13.5 Å². The average Bonchev–Trinajstić information content (AvgIpc) is 2.47. The maximum absolute atomic E-state index is 11.6. The molecular formula is C15H15BrN2O2. The zero-order valence-electron chi connectivity index (χ0n) is 11.3. The van der Waals surface area contributed by atoms with Crippen LogP contribution < -0.4 is 5.32 Å². The quantitative estimate of drug-likeness (QED) is 0.868. The maximum atomic E-state index is 11.6. The lowest BCUT2D eigenvalue weighted by atomic mass is 10.1. The molecule has 0 aliphatic heterocycles. The predicted molar refractivity (Wildman–Crippen MR) is 81.8 cm³/mol. The van der Waals surface area contributed by atoms with E-state index in [-0.39, 0.29) is 5.97 Å². The third kappa shape index (κ3) is 3.36. The van der Waals surface area contributed by atoms with Crippen LogP contribution in [0.2, 0.25) is 0 Å². The molecule has 0 spiro atoms. The normalized spacial score (nSPS) is 10.2. The summed E-state index contributed by atoms with van der Waals surface area (Å²) in [6.45, 7) is 2.49. The van der Waals surface area contributed by atoms with Crippen molar-refractivity contribution in [3.05, 3.63) is 57.8 Å². The number of nitrogens with zero attached hydrogens (tertiary/aromatic N) is 1. The van der Waals surface area contributed by atoms with Crippen molar-refractivity contribution >= 4 is 27.6 Å². The number of rotatable bonds is 4. The van der Waals surface area contributed by atoms with Gasteiger partial charge in [0.2, 0.25) is 0 Å². The van der Waals surface area contributed by atoms with Crippen molar-refractivity contribution in [3.8, 4) is 0 Å². The van der Waals surface area contributed by atoms with Crippen molar-refractivity contribution in [2.75, 3.05) is 12.4 Å². The van der Waals surface area contributed by atoms with Crippen molar-refractivity contribution in [1.29, 1.82) is 0 Å². The number of hydrogen-bond acceptors (Lipinski definition) is 4. The summed E-state index contributed by atoms with van der Waals surface area (Å²) in [4.78, 5) is 15.9. The minimum atomic E-state index is -0.326. The Kier molecular flexibility index (Phi) is 4.74. The molecule has 0 unspecified atom stereocenters. The zero-order chi connectivity index (χ0) is 14.5. The van der Waals surface area contributed by atoms with Crippen molar-refractivity contribution < 1.29 is 9.53 Å². The van der Waals surface area contributed by atoms with E-state index in [1.165, 1.54) is 7.11 Å². The van der Waals surface area contributed by atoms with Gasteiger partial charge in [0.25, 0.3) is 0 Å². The molecule has 0 saturated heterocycles. The highest BCUT2D eigenvalue weighted by atomic mass is 79.9. The summed E-state index contributed by atoms with van der Waals surface area (Å²) in [7, 11) is 1.38. The molecule has 2 aromatic rings. The maximum Gasteiger partial charge on any atom is 0.338 e. The Morgan fingerprint density at radius 2 is 2.15 bits per heavy atom. The lowest BCUT2D eigenvalue weighted by Crippen LogP contribution is -2.08. The van der Waals surface area contributed by atoms with Gasteiger partial charge in [0.05, 0.1) is 24.9 Å². The van der Waals surface area contributed by atoms with Crippen LogP contribution in [0.15, 0.2) is 41.0 Å². The Morgan fingerprint density at radius 1 is 1.35 bits per heavy atom. The van der Waals surface area contributed by atoms with E-state index in [1.807, 2.05) is 31.2 Å². The van der Waals surface area contributed by atoms with E-state index in [0.29, 0.717) is 12.1 Å². The molecule has 0 fully saturated rings. The number of nitrogens with one attached hydrogen (secondary N) is 1. The molecule has 0 saturated carbocycles. The van der Waals surface area contributed by atoms with Gasteiger partial charge in [-0.2, -0.15) is 0 Å². The number of aromatic nitrogens is 1. The fraction of sp³-hybridized carbons (Fsp3) is 0.200. The summed E-state index contributed by atoms with van der Waals surface area (Å²) in [5, 5.41) is 3.28. The minimum absolute atomic E-state index is 0.326. The van der Waals surface area contributed by atoms with Crippen LogP contribution >= 0.6 is 15.9 Å². The number of benzene rings is 1. The smallest absolute Gasteiger partial charge is 0.338 e. The Labute approximate surface area is 126 Å². The van der Waals surface area contributed by atoms with Crippen LogP contribution in [0.4, 0.5) is 5.69 Å². The number of methoxy groups -OCH3 is 1. The molecular weight excluding hydrogens is 320 g/mol. The minimum Gasteiger partial charge on any atom is -0.465 e. The van der Waals surface area contributed by atoms with Crippen LogP contribution in [-0.2, 0) is 11.3 Å². The zero-order valence-corrected chi connectivity index (χ0v) is 12.9. The van der Waals surface area contributed by atoms with Gasteiger partial charge < -0.3 is 10.1 Å². The fourth-order valence-electron chi connectivity index (χ4n) is 1.86. The number of anilines is 1. The van der Waals surface area contributed by atoms with Crippen LogP contribution in [-0.4, -0.2) is 18.1 Å². The van der Waals surface area contributed by atoms with Crippen LogP contribution in [0.1, 0.15) is 21.6 Å². The number of carbonyl (C=O) groups is 1. The van der Waals surface area contributed by atoms with E-state index in [4.69, 9.17) is 4.74 Å². The number of halogens is 1. The lowest BCUT2D eigenvalue weighted by Gasteiger charge is -2.12. The second kappa shape index (κ2) is 6.52. The molecule has 0 amide bonds. The molecule has 0 radical (unpaired) electrons. The first-order valence-corrected chi connectivity index (χ1v) is 6.93. The summed E-state index contributed by atoms with van der Waals surface area (Å²) in [6, 6.07) is 9.40. The van der Waals surface area contributed by atoms with Crippen LogP contribution in [0.25, 0.3) is 0 Å². The molecule has 2 rings (SSSR count). The molecule has 104 valence electrons. The van der Waals surface area contributed by atoms with Crippen LogP contribution in [0.5, 0.6) is 0 Å². The van der Waals surface area contributed by atoms with E-state index >= 15 is 0 Å². The van der Waals surface area contributed by atoms with Gasteiger partial charge in [-0.15, -0.1) is 0 Å². The van der Waals surface area contributed by atoms with E-state index in [1.54, 1.807) is 12.3 Å². The topological polar surface area (TPSA) is 51.2 Å². The molecule has 4 nitrogen and oxygen atoms in total. The van der Waals surface area contributed by atoms with Gasteiger partial charge in [0, 0.05) is 16.4 Å². The highest BCUT2D eigenvalue weighted by Gasteiger charge is 2.11. The lowest BCUT2D eigenvalue weighted by molar-refractivity contribution is 0.0600. The Bertz CT molecular complexity index is 612. The molecule has 0 bridgehead atoms. The summed E-state index contributed by atoms with van der Waals surface area (Å²) in [5.41, 5.74) is 3.27. The highest BCUT2D eigenvalue weighted by molar-refractivity contribution is 9.10. The monoisotopic (exact) mass is 334 g/mol. The largest absolute Gasteiger partial charge is 0.465 e. The predicted octanol–water partition coefficient (Wildman–Crippen LogP) is 3.55. The van der Waals surface area contributed by atoms with Gasteiger partial charge in [-0.05, 0) is 52.7 Å². The first kappa shape index (κ1) is 14.5. The fourth-order valence-corrected chi connectivity index (χ4v) is 2.09. The van der Waals surface area contributed by atoms with Gasteiger partial charge in [-0.25, -0.2) is 4.79 Å². The first-order chi connectivity index (χ1) is 9.61. The molecule has 0 aliphatic rings. The summed E-state index contributed by atoms with van der Waals surface area (Å²) >= 11 is 3.35. The first-order valence-electron chi connectivity index (χ1n) is 6.14. The molecule has 1 aromatic heterocycles. The Hall–Kier alpha value is -1.88. The number of esters is 1. The molecule has 1 heterocycles. The Morgan fingerprint density at radius 3 is 2.80 bits per heavy atom. The summed E-state index contributed by atoms with van der Waals surface area (Å²) < 4.78 is 5.71. The van der Waals surface area contributed by atoms with E-state index in [9.17, 15) is 4.79 Å². The third-order valence-corrected chi connectivity index (χ3v) is 3.46. The third-order valence-electron chi connectivity index (χ3n) is 2.99. The number of carbonyl (C=O) groups excluding carboxylic acids is 1. The summed E-state index contributed by atoms with van der Waals surface area (Å²) in [5.74, 6) is -0.326. The van der Waals surface area contributed by atoms with Crippen molar-refractivity contribution in [1.82, 2.24) is 4.98 Å². The number of hydrogen-bond donors (Lipinski definition) is 1. The second-order valence-corrected chi connectivity index (χ2v) is 5.21. The van der Waals surface area contributed by atoms with Crippen molar-refractivity contribution in [3.63, 3.8) is 0 Å². The number of ether oxygens (including phenoxy) is 1. The second-order valence-electron chi connectivity index (χ2n) is 4.29. The average molecular weight is 335 g/mol. The molecule has 1 aromatic carbocycles. The molecule has 0 aliphatic carbocycles. The van der Waals surface area contributed by atoms with Gasteiger partial charge in [0.15, 0.2) is 0 Å². The van der Waals surface area contributed by atoms with Crippen LogP contribution in [0, 0.1) is 6.92 Å². The molecule has 0 atom stereocenters. The van der Waals surface area contributed by atoms with E-state index in [0.717, 1.165) is 21.4 Å². The standard InChI is InChI=1S/C15H15BrN2O2/c1-10-13(15(19)20-2)4-3-5-14(10)18-9-12-7-6-11(16)8-17-12/h3-8,18H,9H2,1-2H3. The SMILES string of the molecule is COC(=O)c1cccc(NCc2ccc(Br)cn2)c1C. The van der Waals surface area contributed by atoms with E-state index in [2.05, 4.69) is 26.2 Å².